The molecule has 1 N–H and O–H groups in total. The van der Waals surface area contributed by atoms with Gasteiger partial charge in [0, 0.05) is 18.2 Å². The molecule has 3 nitrogen and oxygen atoms in total. The van der Waals surface area contributed by atoms with E-state index in [0.29, 0.717) is 17.5 Å². The number of carbonyl (C=O) groups excluding carboxylic acids is 1. The lowest BCUT2D eigenvalue weighted by Crippen LogP contribution is -2.44. The number of piperidine rings is 1. The highest BCUT2D eigenvalue weighted by Crippen LogP contribution is 2.24. The third kappa shape index (κ3) is 2.60. The zero-order chi connectivity index (χ0) is 12.4. The normalized spacial score (nSPS) is 24.7. The largest absolute Gasteiger partial charge is 0.508 e. The lowest BCUT2D eigenvalue weighted by Gasteiger charge is -2.36. The summed E-state index contributed by atoms with van der Waals surface area (Å²) >= 11 is 0. The molecule has 0 spiro atoms. The van der Waals surface area contributed by atoms with Crippen LogP contribution in [-0.2, 0) is 0 Å². The predicted molar refractivity (Wildman–Crippen MR) is 67.0 cm³/mol. The van der Waals surface area contributed by atoms with Gasteiger partial charge in [-0.25, -0.2) is 0 Å². The van der Waals surface area contributed by atoms with E-state index < -0.39 is 0 Å². The molecule has 0 aromatic heterocycles. The Labute approximate surface area is 102 Å². The maximum Gasteiger partial charge on any atom is 0.254 e. The molecule has 1 fully saturated rings. The second-order valence-corrected chi connectivity index (χ2v) is 5.02. The number of phenols is 1. The number of benzene rings is 1. The third-order valence-electron chi connectivity index (χ3n) is 3.51. The standard InChI is InChI=1S/C14H19NO2/c1-10-7-8-15(11(2)9-10)14(17)12-3-5-13(16)6-4-12/h3-6,10-11,16H,7-9H2,1-2H3. The number of rotatable bonds is 1. The van der Waals surface area contributed by atoms with E-state index in [0.717, 1.165) is 19.4 Å². The van der Waals surface area contributed by atoms with Gasteiger partial charge in [0.15, 0.2) is 0 Å². The van der Waals surface area contributed by atoms with Crippen LogP contribution in [0.15, 0.2) is 24.3 Å². The molecule has 0 bridgehead atoms. The summed E-state index contributed by atoms with van der Waals surface area (Å²) in [6, 6.07) is 6.79. The summed E-state index contributed by atoms with van der Waals surface area (Å²) in [5.74, 6) is 0.972. The molecular formula is C14H19NO2. The Balaban J connectivity index is 2.12. The highest BCUT2D eigenvalue weighted by Gasteiger charge is 2.27. The number of likely N-dealkylation sites (tertiary alicyclic amines) is 1. The fourth-order valence-corrected chi connectivity index (χ4v) is 2.48. The molecule has 3 heteroatoms. The van der Waals surface area contributed by atoms with Gasteiger partial charge in [-0.05, 0) is 49.9 Å². The van der Waals surface area contributed by atoms with Crippen molar-refractivity contribution in [2.75, 3.05) is 6.54 Å². The third-order valence-corrected chi connectivity index (χ3v) is 3.51. The average molecular weight is 233 g/mol. The van der Waals surface area contributed by atoms with Crippen LogP contribution in [0.25, 0.3) is 0 Å². The molecule has 1 aliphatic heterocycles. The fourth-order valence-electron chi connectivity index (χ4n) is 2.48. The van der Waals surface area contributed by atoms with Crippen molar-refractivity contribution >= 4 is 5.91 Å². The van der Waals surface area contributed by atoms with E-state index in [2.05, 4.69) is 13.8 Å². The fraction of sp³-hybridized carbons (Fsp3) is 0.500. The topological polar surface area (TPSA) is 40.5 Å². The molecule has 0 aliphatic carbocycles. The van der Waals surface area contributed by atoms with E-state index in [1.807, 2.05) is 4.90 Å². The van der Waals surface area contributed by atoms with E-state index in [1.54, 1.807) is 24.3 Å². The zero-order valence-electron chi connectivity index (χ0n) is 10.4. The van der Waals surface area contributed by atoms with Crippen molar-refractivity contribution in [3.8, 4) is 5.75 Å². The van der Waals surface area contributed by atoms with Gasteiger partial charge in [-0.3, -0.25) is 4.79 Å². The molecule has 0 radical (unpaired) electrons. The molecule has 1 aromatic rings. The number of phenolic OH excluding ortho intramolecular Hbond substituents is 1. The second kappa shape index (κ2) is 4.78. The Kier molecular flexibility index (Phi) is 3.36. The van der Waals surface area contributed by atoms with Gasteiger partial charge in [-0.1, -0.05) is 6.92 Å². The van der Waals surface area contributed by atoms with Gasteiger partial charge in [-0.2, -0.15) is 0 Å². The van der Waals surface area contributed by atoms with E-state index in [1.165, 1.54) is 0 Å². The number of aromatic hydroxyl groups is 1. The zero-order valence-corrected chi connectivity index (χ0v) is 10.4. The highest BCUT2D eigenvalue weighted by atomic mass is 16.3. The van der Waals surface area contributed by atoms with Crippen molar-refractivity contribution in [1.82, 2.24) is 4.90 Å². The monoisotopic (exact) mass is 233 g/mol. The molecule has 2 rings (SSSR count). The minimum absolute atomic E-state index is 0.0735. The van der Waals surface area contributed by atoms with Gasteiger partial charge >= 0.3 is 0 Å². The van der Waals surface area contributed by atoms with Gasteiger partial charge in [0.25, 0.3) is 5.91 Å². The summed E-state index contributed by atoms with van der Waals surface area (Å²) in [5.41, 5.74) is 0.657. The maximum atomic E-state index is 12.3. The Morgan fingerprint density at radius 3 is 2.53 bits per heavy atom. The molecule has 1 aliphatic rings. The minimum Gasteiger partial charge on any atom is -0.508 e. The first-order valence-electron chi connectivity index (χ1n) is 6.18. The lowest BCUT2D eigenvalue weighted by atomic mass is 9.93. The molecular weight excluding hydrogens is 214 g/mol. The van der Waals surface area contributed by atoms with E-state index in [9.17, 15) is 9.90 Å². The Bertz CT molecular complexity index is 399. The van der Waals surface area contributed by atoms with Crippen molar-refractivity contribution < 1.29 is 9.90 Å². The Morgan fingerprint density at radius 1 is 1.29 bits per heavy atom. The van der Waals surface area contributed by atoms with Gasteiger partial charge in [-0.15, -0.1) is 0 Å². The van der Waals surface area contributed by atoms with Gasteiger partial charge in [0.1, 0.15) is 5.75 Å². The summed E-state index contributed by atoms with van der Waals surface area (Å²) in [6.45, 7) is 5.18. The molecule has 1 amide bonds. The first-order chi connectivity index (χ1) is 8.08. The molecule has 92 valence electrons. The first kappa shape index (κ1) is 12.0. The molecule has 0 saturated carbocycles. The quantitative estimate of drug-likeness (QED) is 0.810. The predicted octanol–water partition coefficient (Wildman–Crippen LogP) is 2.65. The molecule has 2 unspecified atom stereocenters. The summed E-state index contributed by atoms with van der Waals surface area (Å²) in [7, 11) is 0. The van der Waals surface area contributed by atoms with Gasteiger partial charge in [0.2, 0.25) is 0 Å². The molecule has 1 saturated heterocycles. The number of hydrogen-bond acceptors (Lipinski definition) is 2. The van der Waals surface area contributed by atoms with Crippen molar-refractivity contribution in [3.05, 3.63) is 29.8 Å². The van der Waals surface area contributed by atoms with Gasteiger partial charge in [0.05, 0.1) is 0 Å². The van der Waals surface area contributed by atoms with Crippen molar-refractivity contribution in [3.63, 3.8) is 0 Å². The second-order valence-electron chi connectivity index (χ2n) is 5.02. The van der Waals surface area contributed by atoms with Crippen LogP contribution < -0.4 is 0 Å². The smallest absolute Gasteiger partial charge is 0.254 e. The number of nitrogens with zero attached hydrogens (tertiary/aromatic N) is 1. The van der Waals surface area contributed by atoms with Crippen LogP contribution in [0.5, 0.6) is 5.75 Å². The van der Waals surface area contributed by atoms with Crippen molar-refractivity contribution in [2.24, 2.45) is 5.92 Å². The van der Waals surface area contributed by atoms with Crippen LogP contribution in [-0.4, -0.2) is 28.5 Å². The summed E-state index contributed by atoms with van der Waals surface area (Å²) in [4.78, 5) is 14.2. The van der Waals surface area contributed by atoms with Gasteiger partial charge < -0.3 is 10.0 Å². The average Bonchev–Trinajstić information content (AvgIpc) is 2.29. The van der Waals surface area contributed by atoms with Crippen LogP contribution >= 0.6 is 0 Å². The molecule has 1 aromatic carbocycles. The Morgan fingerprint density at radius 2 is 1.94 bits per heavy atom. The van der Waals surface area contributed by atoms with E-state index >= 15 is 0 Å². The minimum atomic E-state index is 0.0735. The molecule has 17 heavy (non-hydrogen) atoms. The van der Waals surface area contributed by atoms with Crippen LogP contribution in [0, 0.1) is 5.92 Å². The van der Waals surface area contributed by atoms with Crippen molar-refractivity contribution in [2.45, 2.75) is 32.7 Å². The van der Waals surface area contributed by atoms with Crippen molar-refractivity contribution in [1.29, 1.82) is 0 Å². The van der Waals surface area contributed by atoms with E-state index in [-0.39, 0.29) is 11.7 Å². The SMILES string of the molecule is CC1CCN(C(=O)c2ccc(O)cc2)C(C)C1. The summed E-state index contributed by atoms with van der Waals surface area (Å²) < 4.78 is 0. The van der Waals surface area contributed by atoms with Crippen LogP contribution in [0.3, 0.4) is 0 Å². The Hall–Kier alpha value is -1.51. The first-order valence-corrected chi connectivity index (χ1v) is 6.18. The summed E-state index contributed by atoms with van der Waals surface area (Å²) in [6.07, 6.45) is 2.15. The van der Waals surface area contributed by atoms with E-state index in [4.69, 9.17) is 0 Å². The van der Waals surface area contributed by atoms with Crippen LogP contribution in [0.2, 0.25) is 0 Å². The number of hydrogen-bond donors (Lipinski definition) is 1. The number of amides is 1. The molecule has 2 atom stereocenters. The lowest BCUT2D eigenvalue weighted by molar-refractivity contribution is 0.0588. The van der Waals surface area contributed by atoms with Crippen LogP contribution in [0.1, 0.15) is 37.0 Å². The maximum absolute atomic E-state index is 12.3. The highest BCUT2D eigenvalue weighted by molar-refractivity contribution is 5.94. The molecule has 1 heterocycles. The van der Waals surface area contributed by atoms with Crippen LogP contribution in [0.4, 0.5) is 0 Å². The summed E-state index contributed by atoms with van der Waals surface area (Å²) in [5, 5.41) is 9.21. The number of carbonyl (C=O) groups is 1.